The summed E-state index contributed by atoms with van der Waals surface area (Å²) < 4.78 is 6.05. The molecule has 0 saturated carbocycles. The highest BCUT2D eigenvalue weighted by atomic mass is 127. The van der Waals surface area contributed by atoms with Crippen LogP contribution in [0.1, 0.15) is 0 Å². The number of cyclic esters (lactones) is 1. The van der Waals surface area contributed by atoms with Gasteiger partial charge in [0.2, 0.25) is 0 Å². The van der Waals surface area contributed by atoms with Gasteiger partial charge in [0.1, 0.15) is 6.10 Å². The van der Waals surface area contributed by atoms with Crippen molar-refractivity contribution < 1.29 is 14.6 Å². The normalized spacial score (nSPS) is 26.7. The van der Waals surface area contributed by atoms with E-state index in [1.54, 1.807) is 0 Å². The molecule has 1 atom stereocenters. The van der Waals surface area contributed by atoms with E-state index in [4.69, 9.17) is 5.11 Å². The molecule has 1 rings (SSSR count). The van der Waals surface area contributed by atoms with E-state index >= 15 is 0 Å². The van der Waals surface area contributed by atoms with Crippen molar-refractivity contribution in [3.05, 3.63) is 0 Å². The van der Waals surface area contributed by atoms with Gasteiger partial charge in [0.25, 0.3) is 0 Å². The van der Waals surface area contributed by atoms with E-state index in [9.17, 15) is 4.79 Å². The molecule has 0 unspecified atom stereocenters. The molecule has 0 aromatic carbocycles. The summed E-state index contributed by atoms with van der Waals surface area (Å²) in [6.45, 7) is 0.390. The van der Waals surface area contributed by atoms with Gasteiger partial charge in [-0.3, -0.25) is 0 Å². The van der Waals surface area contributed by atoms with Crippen molar-refractivity contribution in [2.45, 2.75) is 6.10 Å². The van der Waals surface area contributed by atoms with Gasteiger partial charge in [0, 0.05) is 0 Å². The lowest BCUT2D eigenvalue weighted by Crippen LogP contribution is -2.16. The number of nitrogens with zero attached hydrogens (tertiary/aromatic N) is 1. The first-order valence-electron chi connectivity index (χ1n) is 2.49. The third-order valence-corrected chi connectivity index (χ3v) is 1.82. The van der Waals surface area contributed by atoms with E-state index in [1.807, 2.05) is 22.9 Å². The number of amides is 1. The van der Waals surface area contributed by atoms with Gasteiger partial charge >= 0.3 is 6.09 Å². The molecule has 1 heterocycles. The molecule has 5 heteroatoms. The van der Waals surface area contributed by atoms with Crippen molar-refractivity contribution in [3.63, 3.8) is 0 Å². The lowest BCUT2D eigenvalue weighted by atomic mass is 10.4. The number of hydrogen-bond donors (Lipinski definition) is 1. The molecule has 0 bridgehead atoms. The quantitative estimate of drug-likeness (QED) is 0.526. The molecule has 1 N–H and O–H groups in total. The maximum Gasteiger partial charge on any atom is 0.419 e. The van der Waals surface area contributed by atoms with E-state index in [0.29, 0.717) is 6.54 Å². The van der Waals surface area contributed by atoms with Crippen molar-refractivity contribution in [1.82, 2.24) is 3.11 Å². The van der Waals surface area contributed by atoms with Gasteiger partial charge < -0.3 is 9.84 Å². The van der Waals surface area contributed by atoms with Crippen LogP contribution in [0, 0.1) is 0 Å². The van der Waals surface area contributed by atoms with Crippen LogP contribution in [0.3, 0.4) is 0 Å². The zero-order valence-corrected chi connectivity index (χ0v) is 6.74. The zero-order chi connectivity index (χ0) is 6.85. The van der Waals surface area contributed by atoms with E-state index in [1.165, 1.54) is 3.11 Å². The van der Waals surface area contributed by atoms with Gasteiger partial charge in [0.15, 0.2) is 0 Å². The van der Waals surface area contributed by atoms with Crippen LogP contribution in [0.4, 0.5) is 4.79 Å². The Bertz CT molecular complexity index is 129. The third-order valence-electron chi connectivity index (χ3n) is 1.03. The summed E-state index contributed by atoms with van der Waals surface area (Å²) in [5.41, 5.74) is 0. The second kappa shape index (κ2) is 2.70. The number of carbonyl (C=O) groups excluding carboxylic acids is 1. The second-order valence-electron chi connectivity index (χ2n) is 1.73. The molecular formula is C4H6INO3. The molecule has 0 spiro atoms. The van der Waals surface area contributed by atoms with Gasteiger partial charge in [-0.2, -0.15) is 0 Å². The first kappa shape index (κ1) is 7.07. The maximum atomic E-state index is 10.5. The first-order valence-corrected chi connectivity index (χ1v) is 3.45. The molecule has 0 aromatic rings. The lowest BCUT2D eigenvalue weighted by molar-refractivity contribution is 0.0957. The average Bonchev–Trinajstić information content (AvgIpc) is 2.13. The number of ether oxygens (including phenoxy) is 1. The van der Waals surface area contributed by atoms with Gasteiger partial charge in [-0.25, -0.2) is 7.91 Å². The van der Waals surface area contributed by atoms with Crippen LogP contribution >= 0.6 is 22.9 Å². The Morgan fingerprint density at radius 1 is 2.00 bits per heavy atom. The molecule has 0 aromatic heterocycles. The van der Waals surface area contributed by atoms with Crippen molar-refractivity contribution in [2.24, 2.45) is 0 Å². The minimum absolute atomic E-state index is 0.0920. The molecule has 4 nitrogen and oxygen atoms in total. The van der Waals surface area contributed by atoms with Crippen LogP contribution in [0.15, 0.2) is 0 Å². The Morgan fingerprint density at radius 3 is 2.89 bits per heavy atom. The van der Waals surface area contributed by atoms with Crippen molar-refractivity contribution in [2.75, 3.05) is 13.2 Å². The summed E-state index contributed by atoms with van der Waals surface area (Å²) in [6, 6.07) is 0. The lowest BCUT2D eigenvalue weighted by Gasteiger charge is -1.99. The Morgan fingerprint density at radius 2 is 2.67 bits per heavy atom. The molecule has 1 saturated heterocycles. The number of rotatable bonds is 1. The van der Waals surface area contributed by atoms with Gasteiger partial charge in [-0.15, -0.1) is 0 Å². The Labute approximate surface area is 66.3 Å². The molecule has 1 aliphatic rings. The molecule has 0 radical (unpaired) electrons. The van der Waals surface area contributed by atoms with Crippen molar-refractivity contribution in [3.8, 4) is 0 Å². The van der Waals surface area contributed by atoms with Gasteiger partial charge in [-0.05, 0) is 0 Å². The van der Waals surface area contributed by atoms with E-state index in [0.717, 1.165) is 0 Å². The standard InChI is InChI=1S/C4H6INO3/c5-6-1-3(2-7)9-4(6)8/h3,7H,1-2H2/t3-/m1/s1. The SMILES string of the molecule is O=C1O[C@@H](CO)CN1I. The smallest absolute Gasteiger partial charge is 0.419 e. The molecule has 0 aliphatic carbocycles. The predicted octanol–water partition coefficient (Wildman–Crippen LogP) is 0.150. The number of halogens is 1. The fraction of sp³-hybridized carbons (Fsp3) is 0.750. The monoisotopic (exact) mass is 243 g/mol. The number of aliphatic hydroxyl groups excluding tert-OH is 1. The summed E-state index contributed by atoms with van der Waals surface area (Å²) in [6.07, 6.45) is -0.691. The highest BCUT2D eigenvalue weighted by Gasteiger charge is 2.28. The minimum atomic E-state index is -0.366. The highest BCUT2D eigenvalue weighted by molar-refractivity contribution is 14.1. The van der Waals surface area contributed by atoms with E-state index in [2.05, 4.69) is 4.74 Å². The third kappa shape index (κ3) is 1.45. The van der Waals surface area contributed by atoms with Crippen LogP contribution in [0.5, 0.6) is 0 Å². The minimum Gasteiger partial charge on any atom is -0.441 e. The summed E-state index contributed by atoms with van der Waals surface area (Å²) in [5.74, 6) is 0. The Balaban J connectivity index is 2.44. The molecule has 9 heavy (non-hydrogen) atoms. The molecule has 52 valence electrons. The fourth-order valence-corrected chi connectivity index (χ4v) is 1.14. The Kier molecular flexibility index (Phi) is 2.12. The summed E-state index contributed by atoms with van der Waals surface area (Å²) in [5, 5.41) is 8.49. The van der Waals surface area contributed by atoms with Crippen LogP contribution in [-0.2, 0) is 4.74 Å². The largest absolute Gasteiger partial charge is 0.441 e. The average molecular weight is 243 g/mol. The van der Waals surface area contributed by atoms with Crippen molar-refractivity contribution in [1.29, 1.82) is 0 Å². The highest BCUT2D eigenvalue weighted by Crippen LogP contribution is 2.14. The van der Waals surface area contributed by atoms with E-state index in [-0.39, 0.29) is 18.8 Å². The molecule has 1 amide bonds. The first-order chi connectivity index (χ1) is 4.24. The zero-order valence-electron chi connectivity index (χ0n) is 4.58. The number of aliphatic hydroxyl groups is 1. The number of carbonyl (C=O) groups is 1. The fourth-order valence-electron chi connectivity index (χ4n) is 0.585. The summed E-state index contributed by atoms with van der Waals surface area (Å²) >= 11 is 1.84. The number of hydrogen-bond acceptors (Lipinski definition) is 3. The van der Waals surface area contributed by atoms with E-state index < -0.39 is 0 Å². The predicted molar refractivity (Wildman–Crippen MR) is 38.1 cm³/mol. The van der Waals surface area contributed by atoms with Crippen LogP contribution in [0.25, 0.3) is 0 Å². The second-order valence-corrected chi connectivity index (χ2v) is 2.90. The topological polar surface area (TPSA) is 49.8 Å². The summed E-state index contributed by atoms with van der Waals surface area (Å²) in [7, 11) is 0. The Hall–Kier alpha value is -0.0400. The molecule has 1 aliphatic heterocycles. The van der Waals surface area contributed by atoms with Gasteiger partial charge in [0.05, 0.1) is 36.0 Å². The maximum absolute atomic E-state index is 10.5. The molecular weight excluding hydrogens is 237 g/mol. The van der Waals surface area contributed by atoms with Gasteiger partial charge in [-0.1, -0.05) is 0 Å². The summed E-state index contributed by atoms with van der Waals surface area (Å²) in [4.78, 5) is 10.5. The van der Waals surface area contributed by atoms with Crippen LogP contribution in [0.2, 0.25) is 0 Å². The van der Waals surface area contributed by atoms with Crippen molar-refractivity contribution >= 4 is 29.0 Å². The molecule has 1 fully saturated rings. The van der Waals surface area contributed by atoms with Crippen LogP contribution < -0.4 is 0 Å². The van der Waals surface area contributed by atoms with Crippen LogP contribution in [-0.4, -0.2) is 33.6 Å².